The van der Waals surface area contributed by atoms with Crippen molar-refractivity contribution in [2.24, 2.45) is 0 Å². The van der Waals surface area contributed by atoms with Crippen LogP contribution in [0.4, 0.5) is 5.69 Å². The van der Waals surface area contributed by atoms with Crippen molar-refractivity contribution in [1.29, 1.82) is 0 Å². The summed E-state index contributed by atoms with van der Waals surface area (Å²) in [4.78, 5) is 12.5. The molecule has 0 spiro atoms. The van der Waals surface area contributed by atoms with Crippen molar-refractivity contribution in [3.8, 4) is 0 Å². The lowest BCUT2D eigenvalue weighted by molar-refractivity contribution is -0.113. The predicted octanol–water partition coefficient (Wildman–Crippen LogP) is 3.63. The van der Waals surface area contributed by atoms with Crippen LogP contribution in [0.1, 0.15) is 12.5 Å². The molecule has 0 aliphatic rings. The molecule has 4 nitrogen and oxygen atoms in total. The molecule has 0 saturated carbocycles. The van der Waals surface area contributed by atoms with E-state index in [0.717, 1.165) is 4.31 Å². The minimum atomic E-state index is -4.09. The lowest BCUT2D eigenvalue weighted by atomic mass is 10.2. The van der Waals surface area contributed by atoms with E-state index in [-0.39, 0.29) is 16.2 Å². The third-order valence-electron chi connectivity index (χ3n) is 3.20. The van der Waals surface area contributed by atoms with Crippen molar-refractivity contribution in [3.63, 3.8) is 0 Å². The molecule has 0 bridgehead atoms. The van der Waals surface area contributed by atoms with E-state index < -0.39 is 15.9 Å². The number of rotatable bonds is 5. The summed E-state index contributed by atoms with van der Waals surface area (Å²) in [5.74, 6) is -0.671. The molecule has 2 rings (SSSR count). The Labute approximate surface area is 136 Å². The zero-order valence-corrected chi connectivity index (χ0v) is 13.6. The molecule has 1 amide bonds. The minimum Gasteiger partial charge on any atom is -0.268 e. The average Bonchev–Trinajstić information content (AvgIpc) is 2.55. The van der Waals surface area contributed by atoms with Crippen LogP contribution in [0.15, 0.2) is 78.2 Å². The van der Waals surface area contributed by atoms with Gasteiger partial charge in [0.2, 0.25) is 0 Å². The number of carbonyl (C=O) groups excluding carboxylic acids is 1. The number of sulfonamides is 1. The number of nitrogens with zero attached hydrogens (tertiary/aromatic N) is 1. The highest BCUT2D eigenvalue weighted by molar-refractivity contribution is 7.93. The van der Waals surface area contributed by atoms with Gasteiger partial charge in [-0.2, -0.15) is 4.31 Å². The summed E-state index contributed by atoms with van der Waals surface area (Å²) in [6, 6.07) is 14.6. The highest BCUT2D eigenvalue weighted by atomic mass is 32.2. The van der Waals surface area contributed by atoms with E-state index >= 15 is 0 Å². The van der Waals surface area contributed by atoms with Crippen molar-refractivity contribution >= 4 is 27.7 Å². The van der Waals surface area contributed by atoms with Crippen LogP contribution >= 0.6 is 0 Å². The Hall–Kier alpha value is -2.66. The molecule has 5 heteroatoms. The van der Waals surface area contributed by atoms with Gasteiger partial charge in [0.15, 0.2) is 0 Å². The van der Waals surface area contributed by atoms with Crippen LogP contribution in [0, 0.1) is 0 Å². The second-order valence-corrected chi connectivity index (χ2v) is 6.69. The van der Waals surface area contributed by atoms with Crippen molar-refractivity contribution in [1.82, 2.24) is 0 Å². The van der Waals surface area contributed by atoms with E-state index in [1.165, 1.54) is 19.1 Å². The lowest BCUT2D eigenvalue weighted by Crippen LogP contribution is -2.37. The van der Waals surface area contributed by atoms with Crippen molar-refractivity contribution in [2.75, 3.05) is 4.31 Å². The molecule has 0 heterocycles. The molecule has 0 radical (unpaired) electrons. The van der Waals surface area contributed by atoms with E-state index in [4.69, 9.17) is 0 Å². The summed E-state index contributed by atoms with van der Waals surface area (Å²) in [5.41, 5.74) is 0.829. The van der Waals surface area contributed by atoms with Gasteiger partial charge in [-0.1, -0.05) is 55.6 Å². The fraction of sp³-hybridized carbons (Fsp3) is 0.0556. The number of hydrogen-bond acceptors (Lipinski definition) is 3. The van der Waals surface area contributed by atoms with Crippen LogP contribution in [0.5, 0.6) is 0 Å². The topological polar surface area (TPSA) is 54.5 Å². The van der Waals surface area contributed by atoms with Gasteiger partial charge in [0.1, 0.15) is 0 Å². The van der Waals surface area contributed by atoms with Gasteiger partial charge < -0.3 is 0 Å². The van der Waals surface area contributed by atoms with Crippen LogP contribution in [-0.4, -0.2) is 14.3 Å². The third kappa shape index (κ3) is 3.24. The van der Waals surface area contributed by atoms with Gasteiger partial charge in [0.05, 0.1) is 10.6 Å². The molecule has 0 unspecified atom stereocenters. The first-order valence-electron chi connectivity index (χ1n) is 6.91. The summed E-state index contributed by atoms with van der Waals surface area (Å²) in [5, 5.41) is 0. The average molecular weight is 327 g/mol. The van der Waals surface area contributed by atoms with E-state index in [9.17, 15) is 13.2 Å². The number of para-hydroxylation sites is 1. The molecular weight excluding hydrogens is 310 g/mol. The Morgan fingerprint density at radius 1 is 1.04 bits per heavy atom. The second kappa shape index (κ2) is 6.62. The maximum absolute atomic E-state index is 13.1. The Morgan fingerprint density at radius 2 is 1.61 bits per heavy atom. The van der Waals surface area contributed by atoms with Gasteiger partial charge in [0, 0.05) is 5.57 Å². The fourth-order valence-electron chi connectivity index (χ4n) is 2.08. The molecule has 0 aromatic heterocycles. The Bertz CT molecular complexity index is 855. The maximum atomic E-state index is 13.1. The zero-order valence-electron chi connectivity index (χ0n) is 12.8. The smallest absolute Gasteiger partial charge is 0.268 e. The molecule has 0 N–H and O–H groups in total. The van der Waals surface area contributed by atoms with Gasteiger partial charge in [-0.15, -0.1) is 0 Å². The predicted molar refractivity (Wildman–Crippen MR) is 92.5 cm³/mol. The molecular formula is C18H17NO3S. The van der Waals surface area contributed by atoms with E-state index in [2.05, 4.69) is 13.2 Å². The first kappa shape index (κ1) is 16.7. The molecule has 0 aliphatic carbocycles. The van der Waals surface area contributed by atoms with Crippen LogP contribution in [-0.2, 0) is 14.8 Å². The van der Waals surface area contributed by atoms with Gasteiger partial charge in [-0.3, -0.25) is 4.79 Å². The summed E-state index contributed by atoms with van der Waals surface area (Å²) in [6.45, 7) is 8.69. The maximum Gasteiger partial charge on any atom is 0.271 e. The van der Waals surface area contributed by atoms with E-state index in [0.29, 0.717) is 5.56 Å². The highest BCUT2D eigenvalue weighted by Crippen LogP contribution is 2.27. The van der Waals surface area contributed by atoms with Gasteiger partial charge >= 0.3 is 0 Å². The number of anilines is 1. The Balaban J connectivity index is 2.70. The Kier molecular flexibility index (Phi) is 4.81. The van der Waals surface area contributed by atoms with Crippen molar-refractivity contribution < 1.29 is 13.2 Å². The van der Waals surface area contributed by atoms with Crippen molar-refractivity contribution in [3.05, 3.63) is 78.9 Å². The van der Waals surface area contributed by atoms with Crippen LogP contribution in [0.2, 0.25) is 0 Å². The second-order valence-electron chi connectivity index (χ2n) is 4.93. The molecule has 2 aromatic rings. The van der Waals surface area contributed by atoms with Crippen molar-refractivity contribution in [2.45, 2.75) is 11.8 Å². The van der Waals surface area contributed by atoms with E-state index in [1.807, 2.05) is 0 Å². The molecule has 0 aliphatic heterocycles. The standard InChI is InChI=1S/C18H17NO3S/c1-4-15-10-8-9-13-17(15)23(21,22)19(18(20)14(2)3)16-11-6-5-7-12-16/h4-13H,1-2H2,3H3. The lowest BCUT2D eigenvalue weighted by Gasteiger charge is -2.23. The first-order chi connectivity index (χ1) is 10.9. The van der Waals surface area contributed by atoms with Crippen LogP contribution in [0.25, 0.3) is 6.08 Å². The number of benzene rings is 2. The zero-order chi connectivity index (χ0) is 17.0. The SMILES string of the molecule is C=Cc1ccccc1S(=O)(=O)N(C(=O)C(=C)C)c1ccccc1. The molecule has 0 saturated heterocycles. The quantitative estimate of drug-likeness (QED) is 0.788. The third-order valence-corrected chi connectivity index (χ3v) is 4.98. The van der Waals surface area contributed by atoms with Crippen LogP contribution < -0.4 is 4.31 Å². The molecule has 23 heavy (non-hydrogen) atoms. The summed E-state index contributed by atoms with van der Waals surface area (Å²) in [7, 11) is -4.09. The summed E-state index contributed by atoms with van der Waals surface area (Å²) >= 11 is 0. The molecule has 2 aromatic carbocycles. The first-order valence-corrected chi connectivity index (χ1v) is 8.35. The van der Waals surface area contributed by atoms with Crippen LogP contribution in [0.3, 0.4) is 0 Å². The molecule has 0 atom stereocenters. The largest absolute Gasteiger partial charge is 0.271 e. The number of hydrogen-bond donors (Lipinski definition) is 0. The van der Waals surface area contributed by atoms with Gasteiger partial charge in [-0.25, -0.2) is 8.42 Å². The summed E-state index contributed by atoms with van der Waals surface area (Å²) in [6.07, 6.45) is 1.45. The highest BCUT2D eigenvalue weighted by Gasteiger charge is 2.32. The van der Waals surface area contributed by atoms with Gasteiger partial charge in [0.25, 0.3) is 15.9 Å². The molecule has 118 valence electrons. The number of amides is 1. The number of carbonyl (C=O) groups is 1. The summed E-state index contributed by atoms with van der Waals surface area (Å²) < 4.78 is 26.9. The fourth-order valence-corrected chi connectivity index (χ4v) is 3.75. The Morgan fingerprint density at radius 3 is 2.17 bits per heavy atom. The monoisotopic (exact) mass is 327 g/mol. The van der Waals surface area contributed by atoms with E-state index in [1.54, 1.807) is 48.5 Å². The molecule has 0 fully saturated rings. The van der Waals surface area contributed by atoms with Gasteiger partial charge in [-0.05, 0) is 30.7 Å². The minimum absolute atomic E-state index is 0.0217. The normalized spacial score (nSPS) is 10.8.